The van der Waals surface area contributed by atoms with Crippen LogP contribution in [0.3, 0.4) is 0 Å². The second kappa shape index (κ2) is 6.21. The number of carbonyl (C=O) groups is 1. The normalized spacial score (nSPS) is 10.9. The summed E-state index contributed by atoms with van der Waals surface area (Å²) in [5.41, 5.74) is 6.28. The second-order valence-electron chi connectivity index (χ2n) is 4.95. The van der Waals surface area contributed by atoms with Gasteiger partial charge in [-0.3, -0.25) is 4.79 Å². The number of hydrogen-bond donors (Lipinski definition) is 2. The number of amides is 1. The van der Waals surface area contributed by atoms with Crippen molar-refractivity contribution in [2.45, 2.75) is 13.0 Å². The van der Waals surface area contributed by atoms with Gasteiger partial charge >= 0.3 is 0 Å². The zero-order valence-electron chi connectivity index (χ0n) is 12.0. The van der Waals surface area contributed by atoms with Crippen molar-refractivity contribution < 1.29 is 9.18 Å². The first-order valence-corrected chi connectivity index (χ1v) is 7.23. The van der Waals surface area contributed by atoms with Gasteiger partial charge in [-0.05, 0) is 18.2 Å². The van der Waals surface area contributed by atoms with Crippen molar-refractivity contribution in [2.24, 2.45) is 5.73 Å². The number of carbonyl (C=O) groups excluding carboxylic acids is 1. The lowest BCUT2D eigenvalue weighted by Crippen LogP contribution is -2.13. The van der Waals surface area contributed by atoms with E-state index < -0.39 is 5.91 Å². The van der Waals surface area contributed by atoms with Gasteiger partial charge in [-0.15, -0.1) is 0 Å². The highest BCUT2D eigenvalue weighted by atomic mass is 35.5. The maximum atomic E-state index is 13.2. The van der Waals surface area contributed by atoms with Crippen molar-refractivity contribution in [1.29, 1.82) is 0 Å². The first-order chi connectivity index (χ1) is 11.0. The fourth-order valence-electron chi connectivity index (χ4n) is 2.18. The summed E-state index contributed by atoms with van der Waals surface area (Å²) in [5.74, 6) is -0.461. The minimum atomic E-state index is -0.407. The molecule has 1 aromatic carbocycles. The number of nitrogens with two attached hydrogens (primary N) is 1. The number of hydrogen-bond acceptors (Lipinski definition) is 4. The van der Waals surface area contributed by atoms with Crippen LogP contribution in [0.1, 0.15) is 6.42 Å². The molecule has 0 bridgehead atoms. The number of benzene rings is 1. The number of nitrogens with zero attached hydrogens (tertiary/aromatic N) is 3. The van der Waals surface area contributed by atoms with E-state index in [-0.39, 0.29) is 12.2 Å². The Kier molecular flexibility index (Phi) is 4.12. The van der Waals surface area contributed by atoms with E-state index >= 15 is 0 Å². The van der Waals surface area contributed by atoms with E-state index in [1.54, 1.807) is 29.1 Å². The molecule has 6 nitrogen and oxygen atoms in total. The molecule has 2 aromatic heterocycles. The first-order valence-electron chi connectivity index (χ1n) is 6.85. The molecule has 0 unspecified atom stereocenters. The summed E-state index contributed by atoms with van der Waals surface area (Å²) >= 11 is 6.14. The SMILES string of the molecule is NC(=O)CCn1cc(Cl)c2cnc(Nc3cccc(F)c3)nc21. The molecule has 23 heavy (non-hydrogen) atoms. The summed E-state index contributed by atoms with van der Waals surface area (Å²) in [4.78, 5) is 19.5. The highest BCUT2D eigenvalue weighted by Crippen LogP contribution is 2.25. The van der Waals surface area contributed by atoms with Gasteiger partial charge < -0.3 is 15.6 Å². The second-order valence-corrected chi connectivity index (χ2v) is 5.36. The molecule has 0 atom stereocenters. The molecular weight excluding hydrogens is 321 g/mol. The lowest BCUT2D eigenvalue weighted by atomic mass is 10.3. The Bertz CT molecular complexity index is 879. The molecule has 2 heterocycles. The van der Waals surface area contributed by atoms with Crippen LogP contribution in [0.4, 0.5) is 16.0 Å². The van der Waals surface area contributed by atoms with Crippen LogP contribution in [0, 0.1) is 5.82 Å². The molecule has 0 fully saturated rings. The van der Waals surface area contributed by atoms with Crippen LogP contribution in [0.5, 0.6) is 0 Å². The number of aromatic nitrogens is 3. The number of aryl methyl sites for hydroxylation is 1. The third-order valence-electron chi connectivity index (χ3n) is 3.25. The van der Waals surface area contributed by atoms with Gasteiger partial charge in [-0.1, -0.05) is 17.7 Å². The first kappa shape index (κ1) is 15.2. The van der Waals surface area contributed by atoms with Gasteiger partial charge in [0.2, 0.25) is 11.9 Å². The molecule has 3 N–H and O–H groups in total. The van der Waals surface area contributed by atoms with Crippen LogP contribution < -0.4 is 11.1 Å². The maximum absolute atomic E-state index is 13.2. The maximum Gasteiger partial charge on any atom is 0.229 e. The van der Waals surface area contributed by atoms with Gasteiger partial charge in [0.15, 0.2) is 0 Å². The van der Waals surface area contributed by atoms with Crippen LogP contribution >= 0.6 is 11.6 Å². The summed E-state index contributed by atoms with van der Waals surface area (Å²) in [6.45, 7) is 0.370. The standard InChI is InChI=1S/C15H13ClFN5O/c16-12-8-22(5-4-13(18)23)14-11(12)7-19-15(21-14)20-10-3-1-2-9(17)6-10/h1-3,6-8H,4-5H2,(H2,18,23)(H,19,20,21). The number of halogens is 2. The Balaban J connectivity index is 1.93. The molecule has 0 saturated heterocycles. The summed E-state index contributed by atoms with van der Waals surface area (Å²) in [5, 5.41) is 4.08. The third-order valence-corrected chi connectivity index (χ3v) is 3.55. The predicted molar refractivity (Wildman–Crippen MR) is 86.0 cm³/mol. The average Bonchev–Trinajstić information content (AvgIpc) is 2.81. The van der Waals surface area contributed by atoms with Crippen molar-refractivity contribution in [2.75, 3.05) is 5.32 Å². The molecule has 0 aliphatic rings. The smallest absolute Gasteiger partial charge is 0.229 e. The Morgan fingerprint density at radius 2 is 2.26 bits per heavy atom. The van der Waals surface area contributed by atoms with Crippen molar-refractivity contribution >= 4 is 40.2 Å². The molecule has 0 saturated carbocycles. The molecule has 0 radical (unpaired) electrons. The zero-order valence-corrected chi connectivity index (χ0v) is 12.7. The molecule has 0 spiro atoms. The van der Waals surface area contributed by atoms with Crippen molar-refractivity contribution in [3.8, 4) is 0 Å². The van der Waals surface area contributed by atoms with E-state index in [4.69, 9.17) is 17.3 Å². The quantitative estimate of drug-likeness (QED) is 0.751. The van der Waals surface area contributed by atoms with E-state index in [9.17, 15) is 9.18 Å². The zero-order chi connectivity index (χ0) is 16.4. The third kappa shape index (κ3) is 3.40. The molecule has 0 aliphatic carbocycles. The Morgan fingerprint density at radius 1 is 1.43 bits per heavy atom. The number of anilines is 2. The summed E-state index contributed by atoms with van der Waals surface area (Å²) in [6, 6.07) is 5.98. The van der Waals surface area contributed by atoms with E-state index in [2.05, 4.69) is 15.3 Å². The van der Waals surface area contributed by atoms with Gasteiger partial charge in [-0.25, -0.2) is 9.37 Å². The highest BCUT2D eigenvalue weighted by molar-refractivity contribution is 6.35. The molecule has 1 amide bonds. The monoisotopic (exact) mass is 333 g/mol. The van der Waals surface area contributed by atoms with E-state index in [1.165, 1.54) is 12.1 Å². The highest BCUT2D eigenvalue weighted by Gasteiger charge is 2.11. The predicted octanol–water partition coefficient (Wildman–Crippen LogP) is 2.84. The van der Waals surface area contributed by atoms with E-state index in [0.29, 0.717) is 34.2 Å². The Labute approximate surface area is 136 Å². The van der Waals surface area contributed by atoms with Gasteiger partial charge in [0, 0.05) is 31.0 Å². The minimum Gasteiger partial charge on any atom is -0.370 e. The summed E-state index contributed by atoms with van der Waals surface area (Å²) < 4.78 is 15.0. The van der Waals surface area contributed by atoms with Crippen LogP contribution in [-0.4, -0.2) is 20.4 Å². The van der Waals surface area contributed by atoms with Crippen LogP contribution in [0.15, 0.2) is 36.7 Å². The van der Waals surface area contributed by atoms with Gasteiger partial charge in [0.05, 0.1) is 10.4 Å². The number of rotatable bonds is 5. The lowest BCUT2D eigenvalue weighted by Gasteiger charge is -2.06. The lowest BCUT2D eigenvalue weighted by molar-refractivity contribution is -0.118. The topological polar surface area (TPSA) is 85.8 Å². The molecule has 8 heteroatoms. The Morgan fingerprint density at radius 3 is 3.00 bits per heavy atom. The van der Waals surface area contributed by atoms with Gasteiger partial charge in [0.25, 0.3) is 0 Å². The average molecular weight is 334 g/mol. The molecule has 0 aliphatic heterocycles. The number of primary amides is 1. The molecule has 3 aromatic rings. The van der Waals surface area contributed by atoms with Crippen molar-refractivity contribution in [3.63, 3.8) is 0 Å². The van der Waals surface area contributed by atoms with Crippen LogP contribution in [0.25, 0.3) is 11.0 Å². The van der Waals surface area contributed by atoms with Crippen molar-refractivity contribution in [3.05, 3.63) is 47.5 Å². The van der Waals surface area contributed by atoms with Crippen molar-refractivity contribution in [1.82, 2.24) is 14.5 Å². The fraction of sp³-hybridized carbons (Fsp3) is 0.133. The van der Waals surface area contributed by atoms with Gasteiger partial charge in [0.1, 0.15) is 11.5 Å². The molecular formula is C15H13ClFN5O. The van der Waals surface area contributed by atoms with Gasteiger partial charge in [-0.2, -0.15) is 4.98 Å². The Hall–Kier alpha value is -2.67. The largest absolute Gasteiger partial charge is 0.370 e. The summed E-state index contributed by atoms with van der Waals surface area (Å²) in [7, 11) is 0. The molecule has 3 rings (SSSR count). The fourth-order valence-corrected chi connectivity index (χ4v) is 2.44. The minimum absolute atomic E-state index is 0.177. The van der Waals surface area contributed by atoms with Crippen LogP contribution in [0.2, 0.25) is 5.02 Å². The van der Waals surface area contributed by atoms with E-state index in [1.807, 2.05) is 0 Å². The number of fused-ring (bicyclic) bond motifs is 1. The number of nitrogens with one attached hydrogen (secondary N) is 1. The summed E-state index contributed by atoms with van der Waals surface area (Å²) in [6.07, 6.45) is 3.43. The molecule has 118 valence electrons. The van der Waals surface area contributed by atoms with E-state index in [0.717, 1.165) is 0 Å². The van der Waals surface area contributed by atoms with Crippen LogP contribution in [-0.2, 0) is 11.3 Å².